The van der Waals surface area contributed by atoms with Crippen molar-refractivity contribution in [2.45, 2.75) is 32.8 Å². The second kappa shape index (κ2) is 7.51. The van der Waals surface area contributed by atoms with E-state index in [0.29, 0.717) is 30.0 Å². The lowest BCUT2D eigenvalue weighted by Gasteiger charge is -2.33. The summed E-state index contributed by atoms with van der Waals surface area (Å²) in [4.78, 5) is 18.5. The summed E-state index contributed by atoms with van der Waals surface area (Å²) < 4.78 is 49.1. The van der Waals surface area contributed by atoms with Crippen LogP contribution in [0.2, 0.25) is 0 Å². The van der Waals surface area contributed by atoms with Gasteiger partial charge in [0, 0.05) is 44.3 Å². The molecule has 0 bridgehead atoms. The van der Waals surface area contributed by atoms with Crippen molar-refractivity contribution in [3.8, 4) is 17.2 Å². The summed E-state index contributed by atoms with van der Waals surface area (Å²) in [5.74, 6) is 1.54. The molecule has 2 aliphatic heterocycles. The Labute approximate surface area is 179 Å². The summed E-state index contributed by atoms with van der Waals surface area (Å²) in [6.45, 7) is -0.173. The first-order valence-corrected chi connectivity index (χ1v) is 9.84. The van der Waals surface area contributed by atoms with E-state index in [-0.39, 0.29) is 23.2 Å². The third-order valence-corrected chi connectivity index (χ3v) is 5.36. The highest BCUT2D eigenvalue weighted by atomic mass is 16.6. The molecule has 5 rings (SSSR count). The lowest BCUT2D eigenvalue weighted by molar-refractivity contribution is 0.158. The molecular weight excluding hydrogens is 384 g/mol. The molecule has 1 fully saturated rings. The van der Waals surface area contributed by atoms with E-state index in [1.807, 2.05) is 13.0 Å². The van der Waals surface area contributed by atoms with Gasteiger partial charge in [-0.1, -0.05) is 0 Å². The number of aromatic nitrogens is 3. The van der Waals surface area contributed by atoms with Crippen molar-refractivity contribution in [1.29, 1.82) is 0 Å². The molecule has 0 atom stereocenters. The van der Waals surface area contributed by atoms with Crippen LogP contribution in [0.25, 0.3) is 5.65 Å². The maximum atomic E-state index is 12.1. The van der Waals surface area contributed by atoms with Gasteiger partial charge in [-0.05, 0) is 37.1 Å². The molecule has 0 aliphatic carbocycles. The Hall–Kier alpha value is -3.29. The second-order valence-electron chi connectivity index (χ2n) is 7.48. The van der Waals surface area contributed by atoms with Crippen LogP contribution in [-0.2, 0) is 0 Å². The van der Waals surface area contributed by atoms with E-state index in [1.165, 1.54) is 22.8 Å². The Bertz CT molecular complexity index is 1320. The number of aryl methyl sites for hydroxylation is 2. The summed E-state index contributed by atoms with van der Waals surface area (Å²) in [7, 11) is 0. The van der Waals surface area contributed by atoms with E-state index in [9.17, 15) is 4.79 Å². The largest absolute Gasteiger partial charge is 0.490 e. The highest BCUT2D eigenvalue weighted by Crippen LogP contribution is 2.38. The van der Waals surface area contributed by atoms with Gasteiger partial charge in [0.2, 0.25) is 0 Å². The van der Waals surface area contributed by atoms with Crippen molar-refractivity contribution in [2.75, 3.05) is 31.1 Å². The van der Waals surface area contributed by atoms with Gasteiger partial charge in [-0.2, -0.15) is 4.52 Å². The van der Waals surface area contributed by atoms with Gasteiger partial charge < -0.3 is 19.1 Å². The Balaban J connectivity index is 1.30. The number of rotatable bonds is 3. The van der Waals surface area contributed by atoms with Gasteiger partial charge in [-0.3, -0.25) is 4.79 Å². The van der Waals surface area contributed by atoms with E-state index in [2.05, 4.69) is 15.0 Å². The molecule has 1 saturated heterocycles. The van der Waals surface area contributed by atoms with Gasteiger partial charge in [0.05, 0.1) is 5.48 Å². The number of benzene rings is 1. The first kappa shape index (κ1) is 14.7. The monoisotopic (exact) mass is 412 g/mol. The van der Waals surface area contributed by atoms with Crippen molar-refractivity contribution in [3.63, 3.8) is 0 Å². The lowest BCUT2D eigenvalue weighted by Crippen LogP contribution is -2.39. The average molecular weight is 412 g/mol. The zero-order valence-electron chi connectivity index (χ0n) is 20.7. The summed E-state index contributed by atoms with van der Waals surface area (Å²) in [5, 5.41) is 4.52. The van der Waals surface area contributed by atoms with Crippen LogP contribution >= 0.6 is 0 Å². The van der Waals surface area contributed by atoms with Crippen LogP contribution in [0.15, 0.2) is 35.3 Å². The number of hydrogen-bond acceptors (Lipinski definition) is 7. The third-order valence-electron chi connectivity index (χ3n) is 5.36. The van der Waals surface area contributed by atoms with Crippen LogP contribution in [0.4, 0.5) is 5.82 Å². The number of nitrogens with zero attached hydrogens (tertiary/aromatic N) is 4. The molecular formula is C22H24N4O4. The normalized spacial score (nSPS) is 22.0. The molecule has 0 saturated carbocycles. The summed E-state index contributed by atoms with van der Waals surface area (Å²) in [6, 6.07) is 6.51. The maximum absolute atomic E-state index is 12.1. The molecule has 2 aromatic heterocycles. The van der Waals surface area contributed by atoms with Gasteiger partial charge in [0.15, 0.2) is 23.0 Å². The zero-order chi connectivity index (χ0) is 24.3. The topological polar surface area (TPSA) is 78.2 Å². The van der Waals surface area contributed by atoms with Crippen molar-refractivity contribution in [1.82, 2.24) is 14.6 Å². The van der Waals surface area contributed by atoms with Gasteiger partial charge in [0.1, 0.15) is 25.0 Å². The number of anilines is 1. The molecule has 3 aromatic rings. The van der Waals surface area contributed by atoms with Gasteiger partial charge >= 0.3 is 0 Å². The molecule has 8 nitrogen and oxygen atoms in total. The van der Waals surface area contributed by atoms with Crippen LogP contribution in [0.1, 0.15) is 29.5 Å². The molecule has 4 heterocycles. The molecule has 0 N–H and O–H groups in total. The molecule has 0 unspecified atom stereocenters. The smallest absolute Gasteiger partial charge is 0.274 e. The average Bonchev–Trinajstić information content (AvgIpc) is 2.76. The standard InChI is InChI=1S/C22H24N4O4/c1-14-11-17(13-18-21(14)29-10-9-28-18)30-16-4-7-25(8-5-16)22-15(2)12-19-23-6-3-20(27)26(19)24-22/h3,6,11-13,16H,4-5,7-10H2,1-2H3/i9D2,10D2. The van der Waals surface area contributed by atoms with E-state index in [4.69, 9.17) is 19.7 Å². The Morgan fingerprint density at radius 2 is 1.93 bits per heavy atom. The lowest BCUT2D eigenvalue weighted by atomic mass is 10.1. The summed E-state index contributed by atoms with van der Waals surface area (Å²) in [6.07, 6.45) is 2.84. The zero-order valence-corrected chi connectivity index (χ0v) is 16.7. The number of ether oxygens (including phenoxy) is 3. The minimum Gasteiger partial charge on any atom is -0.490 e. The highest BCUT2D eigenvalue weighted by molar-refractivity contribution is 5.53. The van der Waals surface area contributed by atoms with Crippen LogP contribution in [0, 0.1) is 13.8 Å². The minimum absolute atomic E-state index is 0.0773. The predicted molar refractivity (Wildman–Crippen MR) is 112 cm³/mol. The minimum atomic E-state index is -2.63. The first-order valence-electron chi connectivity index (χ1n) is 11.8. The quantitative estimate of drug-likeness (QED) is 0.654. The number of piperidine rings is 1. The molecule has 156 valence electrons. The molecule has 0 radical (unpaired) electrons. The van der Waals surface area contributed by atoms with E-state index in [0.717, 1.165) is 24.2 Å². The molecule has 8 heteroatoms. The van der Waals surface area contributed by atoms with E-state index >= 15 is 0 Å². The van der Waals surface area contributed by atoms with Crippen molar-refractivity contribution >= 4 is 11.5 Å². The van der Waals surface area contributed by atoms with Crippen LogP contribution in [0.3, 0.4) is 0 Å². The first-order chi connectivity index (χ1) is 16.0. The number of hydrogen-bond donors (Lipinski definition) is 0. The fourth-order valence-corrected chi connectivity index (χ4v) is 3.87. The molecule has 2 aliphatic rings. The summed E-state index contributed by atoms with van der Waals surface area (Å²) in [5.41, 5.74) is 1.82. The predicted octanol–water partition coefficient (Wildman–Crippen LogP) is 2.53. The Kier molecular flexibility index (Phi) is 3.67. The fourth-order valence-electron chi connectivity index (χ4n) is 3.87. The second-order valence-corrected chi connectivity index (χ2v) is 7.48. The Morgan fingerprint density at radius 3 is 2.77 bits per heavy atom. The van der Waals surface area contributed by atoms with Gasteiger partial charge in [-0.15, -0.1) is 5.10 Å². The van der Waals surface area contributed by atoms with Crippen molar-refractivity contribution in [3.05, 3.63) is 51.9 Å². The molecule has 1 aromatic carbocycles. The number of fused-ring (bicyclic) bond motifs is 2. The SMILES string of the molecule is [2H]C1([2H])Oc2cc(OC3CCN(c4nn5c(=O)ccnc5cc4C)CC3)cc(C)c2OC1([2H])[2H]. The van der Waals surface area contributed by atoms with Crippen molar-refractivity contribution < 1.29 is 19.7 Å². The van der Waals surface area contributed by atoms with Gasteiger partial charge in [-0.25, -0.2) is 4.98 Å². The summed E-state index contributed by atoms with van der Waals surface area (Å²) >= 11 is 0. The van der Waals surface area contributed by atoms with Gasteiger partial charge in [0.25, 0.3) is 5.56 Å². The molecule has 30 heavy (non-hydrogen) atoms. The maximum Gasteiger partial charge on any atom is 0.274 e. The third kappa shape index (κ3) is 3.42. The Morgan fingerprint density at radius 1 is 1.13 bits per heavy atom. The fraction of sp³-hybridized carbons (Fsp3) is 0.409. The van der Waals surface area contributed by atoms with Crippen LogP contribution in [-0.4, -0.2) is 46.9 Å². The van der Waals surface area contributed by atoms with Crippen molar-refractivity contribution in [2.24, 2.45) is 0 Å². The molecule has 0 amide bonds. The van der Waals surface area contributed by atoms with E-state index < -0.39 is 13.1 Å². The van der Waals surface area contributed by atoms with Crippen LogP contribution in [0.5, 0.6) is 17.2 Å². The van der Waals surface area contributed by atoms with E-state index in [1.54, 1.807) is 13.0 Å². The van der Waals surface area contributed by atoms with Crippen LogP contribution < -0.4 is 24.7 Å². The molecule has 0 spiro atoms. The highest BCUT2D eigenvalue weighted by Gasteiger charge is 2.24.